The van der Waals surface area contributed by atoms with Crippen molar-refractivity contribution in [2.75, 3.05) is 0 Å². The van der Waals surface area contributed by atoms with Crippen LogP contribution in [0.1, 0.15) is 47.9 Å². The summed E-state index contributed by atoms with van der Waals surface area (Å²) in [7, 11) is 0. The highest BCUT2D eigenvalue weighted by atomic mass is 35.5. The Morgan fingerprint density at radius 3 is 2.45 bits per heavy atom. The van der Waals surface area contributed by atoms with E-state index >= 15 is 0 Å². The average molecular weight is 459 g/mol. The molecule has 0 radical (unpaired) electrons. The largest absolute Gasteiger partial charge is 0.434 e. The molecule has 2 aliphatic rings. The van der Waals surface area contributed by atoms with Crippen LogP contribution < -0.4 is 21.5 Å². The van der Waals surface area contributed by atoms with Crippen molar-refractivity contribution in [1.82, 2.24) is 25.0 Å². The van der Waals surface area contributed by atoms with Crippen molar-refractivity contribution in [1.29, 1.82) is 5.26 Å². The van der Waals surface area contributed by atoms with Gasteiger partial charge in [-0.2, -0.15) is 9.94 Å². The SMILES string of the molecule is N#Cc1nn(-c2cc(Cl)c(Oc3n[nH]c(=O)c4c3C3CC[C@H]4C3)c(Cl)c2)c(=O)[nH]c1=O. The zero-order chi connectivity index (χ0) is 21.9. The quantitative estimate of drug-likeness (QED) is 0.611. The van der Waals surface area contributed by atoms with Crippen LogP contribution in [-0.4, -0.2) is 25.0 Å². The number of aromatic amines is 2. The molecular formula is C19H12Cl2N6O4. The molecule has 5 rings (SSSR count). The summed E-state index contributed by atoms with van der Waals surface area (Å²) in [6.07, 6.45) is 2.82. The number of fused-ring (bicyclic) bond motifs is 5. The third-order valence-corrected chi connectivity index (χ3v) is 6.19. The van der Waals surface area contributed by atoms with E-state index in [4.69, 9.17) is 33.2 Å². The first-order chi connectivity index (χ1) is 14.9. The third-order valence-electron chi connectivity index (χ3n) is 5.63. The van der Waals surface area contributed by atoms with Crippen molar-refractivity contribution in [3.05, 3.63) is 70.2 Å². The number of H-pyrrole nitrogens is 2. The van der Waals surface area contributed by atoms with E-state index in [-0.39, 0.29) is 44.8 Å². The molecule has 0 aliphatic heterocycles. The standard InChI is InChI=1S/C19H12Cl2N6O4/c20-10-4-9(27-19(30)23-16(28)12(6-22)26-27)5-11(21)15(10)31-18-14-8-2-1-7(3-8)13(14)17(29)24-25-18/h4-5,7-8H,1-3H2,(H,24,29)(H,23,28,30)/t7-,8?/m0/s1. The minimum absolute atomic E-state index is 0.0471. The van der Waals surface area contributed by atoms with Crippen LogP contribution in [0.5, 0.6) is 11.6 Å². The van der Waals surface area contributed by atoms with E-state index in [1.54, 1.807) is 6.07 Å². The first-order valence-corrected chi connectivity index (χ1v) is 10.1. The predicted molar refractivity (Wildman–Crippen MR) is 109 cm³/mol. The molecule has 2 aromatic heterocycles. The van der Waals surface area contributed by atoms with Gasteiger partial charge in [0.2, 0.25) is 11.6 Å². The fraction of sp³-hybridized carbons (Fsp3) is 0.263. The van der Waals surface area contributed by atoms with Gasteiger partial charge in [-0.05, 0) is 43.2 Å². The van der Waals surface area contributed by atoms with Crippen LogP contribution in [-0.2, 0) is 0 Å². The Morgan fingerprint density at radius 1 is 1.10 bits per heavy atom. The first-order valence-electron chi connectivity index (χ1n) is 9.31. The monoisotopic (exact) mass is 458 g/mol. The van der Waals surface area contributed by atoms with Gasteiger partial charge in [-0.25, -0.2) is 9.89 Å². The summed E-state index contributed by atoms with van der Waals surface area (Å²) in [5.41, 5.74) is -0.839. The Bertz CT molecular complexity index is 1440. The molecule has 2 heterocycles. The molecule has 1 unspecified atom stereocenters. The number of ether oxygens (including phenoxy) is 1. The number of rotatable bonds is 3. The van der Waals surface area contributed by atoms with Crippen molar-refractivity contribution in [3.8, 4) is 23.4 Å². The second-order valence-corrected chi connectivity index (χ2v) is 8.18. The van der Waals surface area contributed by atoms with Crippen molar-refractivity contribution >= 4 is 23.2 Å². The molecular weight excluding hydrogens is 447 g/mol. The lowest BCUT2D eigenvalue weighted by Crippen LogP contribution is -2.33. The number of hydrogen-bond donors (Lipinski definition) is 2. The predicted octanol–water partition coefficient (Wildman–Crippen LogP) is 2.34. The van der Waals surface area contributed by atoms with E-state index < -0.39 is 16.9 Å². The Hall–Kier alpha value is -3.42. The van der Waals surface area contributed by atoms with E-state index in [1.165, 1.54) is 12.1 Å². The molecule has 156 valence electrons. The molecule has 0 amide bonds. The molecule has 10 nitrogen and oxygen atoms in total. The van der Waals surface area contributed by atoms with Crippen LogP contribution in [0.4, 0.5) is 0 Å². The minimum atomic E-state index is -0.895. The summed E-state index contributed by atoms with van der Waals surface area (Å²) in [5, 5.41) is 19.3. The molecule has 0 spiro atoms. The number of nitriles is 1. The summed E-state index contributed by atoms with van der Waals surface area (Å²) in [4.78, 5) is 37.9. The van der Waals surface area contributed by atoms with Crippen molar-refractivity contribution in [3.63, 3.8) is 0 Å². The molecule has 0 saturated heterocycles. The van der Waals surface area contributed by atoms with Gasteiger partial charge in [0.1, 0.15) is 6.07 Å². The molecule has 1 fully saturated rings. The first kappa shape index (κ1) is 19.5. The summed E-state index contributed by atoms with van der Waals surface area (Å²) < 4.78 is 6.71. The zero-order valence-electron chi connectivity index (χ0n) is 15.6. The molecule has 12 heteroatoms. The van der Waals surface area contributed by atoms with E-state index in [2.05, 4.69) is 15.3 Å². The zero-order valence-corrected chi connectivity index (χ0v) is 17.1. The number of nitrogens with one attached hydrogen (secondary N) is 2. The van der Waals surface area contributed by atoms with Crippen LogP contribution in [0.3, 0.4) is 0 Å². The van der Waals surface area contributed by atoms with E-state index in [9.17, 15) is 14.4 Å². The van der Waals surface area contributed by atoms with Crippen LogP contribution in [0.15, 0.2) is 26.5 Å². The molecule has 31 heavy (non-hydrogen) atoms. The van der Waals surface area contributed by atoms with Gasteiger partial charge < -0.3 is 4.74 Å². The molecule has 2 aliphatic carbocycles. The van der Waals surface area contributed by atoms with Crippen LogP contribution in [0, 0.1) is 11.3 Å². The lowest BCUT2D eigenvalue weighted by atomic mass is 9.94. The topological polar surface area (TPSA) is 147 Å². The Morgan fingerprint density at radius 2 is 1.77 bits per heavy atom. The number of aromatic nitrogens is 5. The summed E-state index contributed by atoms with van der Waals surface area (Å²) in [6.45, 7) is 0. The van der Waals surface area contributed by atoms with Gasteiger partial charge in [0.15, 0.2) is 5.75 Å². The summed E-state index contributed by atoms with van der Waals surface area (Å²) in [5.74, 6) is 0.740. The van der Waals surface area contributed by atoms with Crippen molar-refractivity contribution in [2.24, 2.45) is 0 Å². The summed E-state index contributed by atoms with van der Waals surface area (Å²) >= 11 is 12.7. The fourth-order valence-electron chi connectivity index (χ4n) is 4.35. The lowest BCUT2D eigenvalue weighted by Gasteiger charge is -2.18. The van der Waals surface area contributed by atoms with Gasteiger partial charge in [0, 0.05) is 11.1 Å². The van der Waals surface area contributed by atoms with Gasteiger partial charge in [-0.15, -0.1) is 10.2 Å². The normalized spacial score (nSPS) is 18.6. The maximum Gasteiger partial charge on any atom is 0.349 e. The fourth-order valence-corrected chi connectivity index (χ4v) is 4.91. The van der Waals surface area contributed by atoms with Crippen molar-refractivity contribution in [2.45, 2.75) is 31.1 Å². The second kappa shape index (κ2) is 7.08. The molecule has 2 atom stereocenters. The highest BCUT2D eigenvalue weighted by molar-refractivity contribution is 6.37. The summed E-state index contributed by atoms with van der Waals surface area (Å²) in [6, 6.07) is 4.32. The number of nitrogens with zero attached hydrogens (tertiary/aromatic N) is 4. The van der Waals surface area contributed by atoms with Crippen LogP contribution in [0.25, 0.3) is 5.69 Å². The van der Waals surface area contributed by atoms with Gasteiger partial charge in [0.05, 0.1) is 15.7 Å². The van der Waals surface area contributed by atoms with Gasteiger partial charge in [0.25, 0.3) is 11.1 Å². The lowest BCUT2D eigenvalue weighted by molar-refractivity contribution is 0.440. The van der Waals surface area contributed by atoms with E-state index in [1.807, 2.05) is 4.98 Å². The van der Waals surface area contributed by atoms with E-state index in [0.29, 0.717) is 5.56 Å². The minimum Gasteiger partial charge on any atom is -0.434 e. The molecule has 2 N–H and O–H groups in total. The average Bonchev–Trinajstić information content (AvgIpc) is 3.35. The Balaban J connectivity index is 1.58. The number of hydrogen-bond acceptors (Lipinski definition) is 7. The molecule has 3 aromatic rings. The maximum absolute atomic E-state index is 12.2. The van der Waals surface area contributed by atoms with Gasteiger partial charge in [-0.1, -0.05) is 23.2 Å². The Labute approximate surface area is 183 Å². The number of benzene rings is 1. The molecule has 1 aromatic carbocycles. The molecule has 2 bridgehead atoms. The van der Waals surface area contributed by atoms with Gasteiger partial charge in [-0.3, -0.25) is 14.6 Å². The Kier molecular flexibility index (Phi) is 4.46. The number of halogens is 2. The second-order valence-electron chi connectivity index (χ2n) is 7.36. The third kappa shape index (κ3) is 3.05. The molecule has 1 saturated carbocycles. The highest BCUT2D eigenvalue weighted by Gasteiger charge is 2.42. The van der Waals surface area contributed by atoms with Crippen molar-refractivity contribution < 1.29 is 4.74 Å². The van der Waals surface area contributed by atoms with Gasteiger partial charge >= 0.3 is 5.69 Å². The van der Waals surface area contributed by atoms with E-state index in [0.717, 1.165) is 29.5 Å². The van der Waals surface area contributed by atoms with Crippen LogP contribution in [0.2, 0.25) is 10.0 Å². The smallest absolute Gasteiger partial charge is 0.349 e. The van der Waals surface area contributed by atoms with Crippen LogP contribution >= 0.6 is 23.2 Å². The highest BCUT2D eigenvalue weighted by Crippen LogP contribution is 2.54. The maximum atomic E-state index is 12.2.